The van der Waals surface area contributed by atoms with Crippen molar-refractivity contribution < 1.29 is 14.7 Å². The lowest BCUT2D eigenvalue weighted by Gasteiger charge is -2.27. The third kappa shape index (κ3) is 4.67. The van der Waals surface area contributed by atoms with Gasteiger partial charge >= 0.3 is 0 Å². The second kappa shape index (κ2) is 9.20. The van der Waals surface area contributed by atoms with Gasteiger partial charge < -0.3 is 20.3 Å². The number of nitrogens with zero attached hydrogens (tertiary/aromatic N) is 4. The van der Waals surface area contributed by atoms with E-state index in [1.807, 2.05) is 25.5 Å². The standard InChI is InChI=1S/C26H32N6O3/c1-4-32-20(11-12-28-32)25(34)30-23(22(16-5-6-16)17-7-8-17)26(35)29-18-9-10-19(21(33)13-18)24-15(2)27-14-31(24)3/h9-14,16-17,22-23,33H,4-8H2,1-3H3,(H,29,35)(H,30,34). The molecule has 0 spiro atoms. The second-order valence-corrected chi connectivity index (χ2v) is 9.75. The average molecular weight is 477 g/mol. The topological polar surface area (TPSA) is 114 Å². The fourth-order valence-electron chi connectivity index (χ4n) is 5.18. The van der Waals surface area contributed by atoms with Crippen molar-refractivity contribution in [2.45, 2.75) is 52.1 Å². The molecule has 184 valence electrons. The first-order chi connectivity index (χ1) is 16.9. The molecule has 2 saturated carbocycles. The van der Waals surface area contributed by atoms with Gasteiger partial charge in [0.15, 0.2) is 0 Å². The minimum Gasteiger partial charge on any atom is -0.507 e. The molecule has 2 aromatic heterocycles. The summed E-state index contributed by atoms with van der Waals surface area (Å²) in [5, 5.41) is 20.9. The van der Waals surface area contributed by atoms with E-state index in [0.717, 1.165) is 37.1 Å². The van der Waals surface area contributed by atoms with Crippen molar-refractivity contribution in [1.82, 2.24) is 24.6 Å². The minimum atomic E-state index is -0.649. The number of aryl methyl sites for hydroxylation is 3. The highest BCUT2D eigenvalue weighted by Crippen LogP contribution is 2.51. The summed E-state index contributed by atoms with van der Waals surface area (Å²) < 4.78 is 3.48. The Kier molecular flexibility index (Phi) is 6.08. The van der Waals surface area contributed by atoms with Crippen LogP contribution in [0, 0.1) is 24.7 Å². The van der Waals surface area contributed by atoms with Crippen LogP contribution in [0.2, 0.25) is 0 Å². The molecule has 0 aliphatic heterocycles. The number of nitrogens with one attached hydrogen (secondary N) is 2. The zero-order valence-corrected chi connectivity index (χ0v) is 20.4. The largest absolute Gasteiger partial charge is 0.507 e. The molecule has 9 heteroatoms. The third-order valence-corrected chi connectivity index (χ3v) is 7.18. The van der Waals surface area contributed by atoms with Gasteiger partial charge in [0.25, 0.3) is 5.91 Å². The van der Waals surface area contributed by atoms with E-state index in [0.29, 0.717) is 35.3 Å². The lowest BCUT2D eigenvalue weighted by Crippen LogP contribution is -2.50. The van der Waals surface area contributed by atoms with Crippen LogP contribution in [0.25, 0.3) is 11.3 Å². The van der Waals surface area contributed by atoms with Crippen LogP contribution in [-0.4, -0.2) is 42.3 Å². The van der Waals surface area contributed by atoms with Crippen LogP contribution in [0.15, 0.2) is 36.8 Å². The van der Waals surface area contributed by atoms with Gasteiger partial charge in [-0.1, -0.05) is 0 Å². The number of carbonyl (C=O) groups is 2. The Bertz CT molecular complexity index is 1220. The van der Waals surface area contributed by atoms with Gasteiger partial charge in [-0.2, -0.15) is 5.10 Å². The first-order valence-corrected chi connectivity index (χ1v) is 12.3. The Labute approximate surface area is 204 Å². The molecule has 2 aliphatic carbocycles. The van der Waals surface area contributed by atoms with Crippen molar-refractivity contribution in [2.75, 3.05) is 5.32 Å². The summed E-state index contributed by atoms with van der Waals surface area (Å²) in [5.74, 6) is 0.537. The first kappa shape index (κ1) is 23.1. The molecule has 1 aromatic carbocycles. The van der Waals surface area contributed by atoms with Crippen molar-refractivity contribution in [3.63, 3.8) is 0 Å². The smallest absolute Gasteiger partial charge is 0.270 e. The number of phenols is 1. The summed E-state index contributed by atoms with van der Waals surface area (Å²) in [4.78, 5) is 31.0. The zero-order valence-electron chi connectivity index (χ0n) is 20.4. The number of hydrogen-bond acceptors (Lipinski definition) is 5. The third-order valence-electron chi connectivity index (χ3n) is 7.18. The number of amides is 2. The van der Waals surface area contributed by atoms with Gasteiger partial charge in [-0.15, -0.1) is 0 Å². The van der Waals surface area contributed by atoms with Gasteiger partial charge in [-0.3, -0.25) is 14.3 Å². The molecular formula is C26H32N6O3. The first-order valence-electron chi connectivity index (χ1n) is 12.3. The quantitative estimate of drug-likeness (QED) is 0.437. The maximum atomic E-state index is 13.6. The number of aromatic nitrogens is 4. The van der Waals surface area contributed by atoms with Crippen molar-refractivity contribution in [3.8, 4) is 17.0 Å². The van der Waals surface area contributed by atoms with Crippen LogP contribution >= 0.6 is 0 Å². The SMILES string of the molecule is CCn1nccc1C(=O)NC(C(=O)Nc1ccc(-c2c(C)ncn2C)c(O)c1)C(C1CC1)C1CC1. The van der Waals surface area contributed by atoms with Crippen LogP contribution in [0.3, 0.4) is 0 Å². The molecule has 3 aromatic rings. The van der Waals surface area contributed by atoms with Crippen molar-refractivity contribution in [3.05, 3.63) is 48.2 Å². The molecule has 0 radical (unpaired) electrons. The number of carbonyl (C=O) groups excluding carboxylic acids is 2. The van der Waals surface area contributed by atoms with Gasteiger partial charge in [-0.25, -0.2) is 4.98 Å². The summed E-state index contributed by atoms with van der Waals surface area (Å²) in [6, 6.07) is 6.13. The minimum absolute atomic E-state index is 0.0582. The molecule has 2 aliphatic rings. The molecule has 2 amide bonds. The highest BCUT2D eigenvalue weighted by atomic mass is 16.3. The van der Waals surface area contributed by atoms with Gasteiger partial charge in [0, 0.05) is 37.1 Å². The number of benzene rings is 1. The van der Waals surface area contributed by atoms with Crippen LogP contribution < -0.4 is 10.6 Å². The van der Waals surface area contributed by atoms with Crippen LogP contribution in [0.1, 0.15) is 48.8 Å². The van der Waals surface area contributed by atoms with Crippen molar-refractivity contribution in [1.29, 1.82) is 0 Å². The van der Waals surface area contributed by atoms with Gasteiger partial charge in [0.2, 0.25) is 5.91 Å². The van der Waals surface area contributed by atoms with Crippen molar-refractivity contribution in [2.24, 2.45) is 24.8 Å². The highest BCUT2D eigenvalue weighted by Gasteiger charge is 2.48. The Balaban J connectivity index is 1.38. The van der Waals surface area contributed by atoms with E-state index < -0.39 is 6.04 Å². The van der Waals surface area contributed by atoms with Gasteiger partial charge in [-0.05, 0) is 75.5 Å². The average Bonchev–Trinajstić information content (AvgIpc) is 3.76. The van der Waals surface area contributed by atoms with Gasteiger partial charge in [0.1, 0.15) is 17.5 Å². The lowest BCUT2D eigenvalue weighted by atomic mass is 9.88. The van der Waals surface area contributed by atoms with E-state index in [1.165, 1.54) is 0 Å². The van der Waals surface area contributed by atoms with E-state index in [4.69, 9.17) is 0 Å². The highest BCUT2D eigenvalue weighted by molar-refractivity contribution is 6.01. The summed E-state index contributed by atoms with van der Waals surface area (Å²) in [6.45, 7) is 4.38. The molecule has 1 atom stereocenters. The number of phenolic OH excluding ortho intramolecular Hbond substituents is 1. The Hall–Kier alpha value is -3.62. The summed E-state index contributed by atoms with van der Waals surface area (Å²) in [5.41, 5.74) is 3.21. The fraction of sp³-hybridized carbons (Fsp3) is 0.462. The molecule has 0 bridgehead atoms. The fourth-order valence-corrected chi connectivity index (χ4v) is 5.18. The number of anilines is 1. The van der Waals surface area contributed by atoms with Crippen LogP contribution in [0.4, 0.5) is 5.69 Å². The van der Waals surface area contributed by atoms with E-state index >= 15 is 0 Å². The normalized spacial score (nSPS) is 16.3. The predicted octanol–water partition coefficient (Wildman–Crippen LogP) is 3.49. The zero-order chi connectivity index (χ0) is 24.7. The number of hydrogen-bond donors (Lipinski definition) is 3. The number of rotatable bonds is 9. The maximum Gasteiger partial charge on any atom is 0.270 e. The van der Waals surface area contributed by atoms with E-state index in [2.05, 4.69) is 20.7 Å². The van der Waals surface area contributed by atoms with E-state index in [1.54, 1.807) is 41.5 Å². The molecule has 5 rings (SSSR count). The molecule has 9 nitrogen and oxygen atoms in total. The number of aromatic hydroxyl groups is 1. The molecule has 2 heterocycles. The number of imidazole rings is 1. The van der Waals surface area contributed by atoms with E-state index in [-0.39, 0.29) is 23.5 Å². The summed E-state index contributed by atoms with van der Waals surface area (Å²) in [7, 11) is 1.87. The monoisotopic (exact) mass is 476 g/mol. The van der Waals surface area contributed by atoms with Crippen LogP contribution in [0.5, 0.6) is 5.75 Å². The van der Waals surface area contributed by atoms with Gasteiger partial charge in [0.05, 0.1) is 17.7 Å². The molecule has 0 saturated heterocycles. The van der Waals surface area contributed by atoms with Crippen LogP contribution in [-0.2, 0) is 18.4 Å². The Morgan fingerprint density at radius 3 is 2.46 bits per heavy atom. The lowest BCUT2D eigenvalue weighted by molar-refractivity contribution is -0.119. The molecule has 1 unspecified atom stereocenters. The van der Waals surface area contributed by atoms with E-state index in [9.17, 15) is 14.7 Å². The van der Waals surface area contributed by atoms with Crippen molar-refractivity contribution >= 4 is 17.5 Å². The predicted molar refractivity (Wildman–Crippen MR) is 132 cm³/mol. The Morgan fingerprint density at radius 2 is 1.89 bits per heavy atom. The Morgan fingerprint density at radius 1 is 1.17 bits per heavy atom. The maximum absolute atomic E-state index is 13.6. The summed E-state index contributed by atoms with van der Waals surface area (Å²) >= 11 is 0. The molecular weight excluding hydrogens is 444 g/mol. The molecule has 35 heavy (non-hydrogen) atoms. The molecule has 3 N–H and O–H groups in total. The second-order valence-electron chi connectivity index (χ2n) is 9.75. The summed E-state index contributed by atoms with van der Waals surface area (Å²) in [6.07, 6.45) is 7.66. The molecule has 2 fully saturated rings.